The molecule has 0 aliphatic carbocycles. The second-order valence-electron chi connectivity index (χ2n) is 8.79. The van der Waals surface area contributed by atoms with Crippen LogP contribution in [0.1, 0.15) is 55.3 Å². The molecule has 8 nitrogen and oxygen atoms in total. The maximum absolute atomic E-state index is 13.2. The first-order valence-corrected chi connectivity index (χ1v) is 12.5. The molecule has 0 saturated carbocycles. The summed E-state index contributed by atoms with van der Waals surface area (Å²) in [6.07, 6.45) is 1.49. The van der Waals surface area contributed by atoms with Crippen LogP contribution in [0.3, 0.4) is 0 Å². The van der Waals surface area contributed by atoms with Crippen molar-refractivity contribution in [3.63, 3.8) is 0 Å². The highest BCUT2D eigenvalue weighted by Gasteiger charge is 2.33. The van der Waals surface area contributed by atoms with Gasteiger partial charge in [0.1, 0.15) is 10.8 Å². The second kappa shape index (κ2) is 11.2. The predicted octanol–water partition coefficient (Wildman–Crippen LogP) is 4.84. The van der Waals surface area contributed by atoms with E-state index in [2.05, 4.69) is 34.5 Å². The van der Waals surface area contributed by atoms with Crippen molar-refractivity contribution in [1.29, 1.82) is 0 Å². The van der Waals surface area contributed by atoms with Crippen molar-refractivity contribution in [2.24, 2.45) is 11.0 Å². The second-order valence-corrected chi connectivity index (χ2v) is 9.85. The Morgan fingerprint density at radius 1 is 1.09 bits per heavy atom. The Bertz CT molecular complexity index is 1190. The van der Waals surface area contributed by atoms with Crippen LogP contribution in [-0.2, 0) is 16.0 Å². The number of carbonyl (C=O) groups excluding carboxylic acids is 2. The molecule has 182 valence electrons. The standard InChI is InChI=1S/C26H29N5O3S/c1-17(2)15-24-28-29-26(35-24)27-23(32)13-14-25(33)31-22(19-9-11-20(34-3)12-10-19)16-21(30-31)18-7-5-4-6-8-18/h4-12,17,22H,13-16H2,1-3H3,(H,27,29,32)/t22-/m1/s1. The van der Waals surface area contributed by atoms with Gasteiger partial charge in [-0.2, -0.15) is 5.10 Å². The molecule has 0 spiro atoms. The summed E-state index contributed by atoms with van der Waals surface area (Å²) >= 11 is 1.37. The molecule has 0 bridgehead atoms. The zero-order chi connectivity index (χ0) is 24.8. The van der Waals surface area contributed by atoms with Gasteiger partial charge >= 0.3 is 0 Å². The quantitative estimate of drug-likeness (QED) is 0.462. The molecule has 1 N–H and O–H groups in total. The molecule has 35 heavy (non-hydrogen) atoms. The van der Waals surface area contributed by atoms with E-state index < -0.39 is 0 Å². The van der Waals surface area contributed by atoms with Gasteiger partial charge in [-0.1, -0.05) is 67.6 Å². The van der Waals surface area contributed by atoms with E-state index in [1.54, 1.807) is 7.11 Å². The number of rotatable bonds is 9. The Balaban J connectivity index is 1.43. The van der Waals surface area contributed by atoms with Crippen LogP contribution in [0.4, 0.5) is 5.13 Å². The third-order valence-electron chi connectivity index (χ3n) is 5.64. The minimum atomic E-state index is -0.266. The van der Waals surface area contributed by atoms with Crippen LogP contribution < -0.4 is 10.1 Å². The fourth-order valence-corrected chi connectivity index (χ4v) is 4.85. The minimum Gasteiger partial charge on any atom is -0.497 e. The molecule has 3 aromatic rings. The summed E-state index contributed by atoms with van der Waals surface area (Å²) in [5.74, 6) is 0.742. The maximum atomic E-state index is 13.2. The molecule has 4 rings (SSSR count). The lowest BCUT2D eigenvalue weighted by molar-refractivity contribution is -0.134. The van der Waals surface area contributed by atoms with Crippen molar-refractivity contribution in [1.82, 2.24) is 15.2 Å². The van der Waals surface area contributed by atoms with E-state index >= 15 is 0 Å². The van der Waals surface area contributed by atoms with Crippen molar-refractivity contribution < 1.29 is 14.3 Å². The highest BCUT2D eigenvalue weighted by Crippen LogP contribution is 2.34. The third-order valence-corrected chi connectivity index (χ3v) is 6.50. The summed E-state index contributed by atoms with van der Waals surface area (Å²) < 4.78 is 5.27. The van der Waals surface area contributed by atoms with E-state index in [-0.39, 0.29) is 30.7 Å². The fourth-order valence-electron chi connectivity index (χ4n) is 3.88. The maximum Gasteiger partial charge on any atom is 0.243 e. The van der Waals surface area contributed by atoms with Crippen molar-refractivity contribution in [3.8, 4) is 5.75 Å². The van der Waals surface area contributed by atoms with E-state index in [1.807, 2.05) is 54.6 Å². The lowest BCUT2D eigenvalue weighted by atomic mass is 9.98. The third kappa shape index (κ3) is 6.30. The topological polar surface area (TPSA) is 96.8 Å². The Morgan fingerprint density at radius 3 is 2.51 bits per heavy atom. The molecule has 2 aromatic carbocycles. The van der Waals surface area contributed by atoms with Gasteiger partial charge in [-0.05, 0) is 29.2 Å². The van der Waals surface area contributed by atoms with Crippen LogP contribution in [-0.4, -0.2) is 39.8 Å². The number of anilines is 1. The van der Waals surface area contributed by atoms with Gasteiger partial charge in [-0.15, -0.1) is 10.2 Å². The van der Waals surface area contributed by atoms with Gasteiger partial charge in [0.2, 0.25) is 16.9 Å². The molecule has 1 aromatic heterocycles. The molecule has 2 heterocycles. The van der Waals surface area contributed by atoms with Crippen LogP contribution in [0.5, 0.6) is 5.75 Å². The van der Waals surface area contributed by atoms with Crippen molar-refractivity contribution >= 4 is 34.0 Å². The molecule has 0 fully saturated rings. The number of nitrogens with zero attached hydrogens (tertiary/aromatic N) is 4. The van der Waals surface area contributed by atoms with Crippen molar-refractivity contribution in [3.05, 3.63) is 70.7 Å². The van der Waals surface area contributed by atoms with Gasteiger partial charge in [0.25, 0.3) is 0 Å². The lowest BCUT2D eigenvalue weighted by Crippen LogP contribution is -2.28. The zero-order valence-corrected chi connectivity index (χ0v) is 20.9. The van der Waals surface area contributed by atoms with Crippen LogP contribution in [0.25, 0.3) is 0 Å². The van der Waals surface area contributed by atoms with Crippen LogP contribution >= 0.6 is 11.3 Å². The number of hydrogen-bond acceptors (Lipinski definition) is 7. The summed E-state index contributed by atoms with van der Waals surface area (Å²) in [4.78, 5) is 25.7. The normalized spacial score (nSPS) is 15.3. The highest BCUT2D eigenvalue weighted by atomic mass is 32.1. The summed E-state index contributed by atoms with van der Waals surface area (Å²) in [6, 6.07) is 17.2. The Kier molecular flexibility index (Phi) is 7.87. The number of methoxy groups -OCH3 is 1. The van der Waals surface area contributed by atoms with E-state index in [4.69, 9.17) is 4.74 Å². The largest absolute Gasteiger partial charge is 0.497 e. The van der Waals surface area contributed by atoms with Gasteiger partial charge in [0.15, 0.2) is 0 Å². The molecule has 1 atom stereocenters. The van der Waals surface area contributed by atoms with Gasteiger partial charge in [-0.25, -0.2) is 5.01 Å². The zero-order valence-electron chi connectivity index (χ0n) is 20.1. The monoisotopic (exact) mass is 491 g/mol. The fraction of sp³-hybridized carbons (Fsp3) is 0.346. The van der Waals surface area contributed by atoms with E-state index in [1.165, 1.54) is 16.3 Å². The Hall–Kier alpha value is -3.59. The minimum absolute atomic E-state index is 0.0416. The molecule has 0 saturated heterocycles. The average molecular weight is 492 g/mol. The summed E-state index contributed by atoms with van der Waals surface area (Å²) in [5.41, 5.74) is 2.79. The van der Waals surface area contributed by atoms with E-state index in [0.717, 1.165) is 34.0 Å². The van der Waals surface area contributed by atoms with Crippen molar-refractivity contribution in [2.45, 2.75) is 45.6 Å². The van der Waals surface area contributed by atoms with E-state index in [0.29, 0.717) is 17.5 Å². The highest BCUT2D eigenvalue weighted by molar-refractivity contribution is 7.15. The van der Waals surface area contributed by atoms with Crippen LogP contribution in [0.15, 0.2) is 59.7 Å². The molecule has 9 heteroatoms. The Morgan fingerprint density at radius 2 is 1.83 bits per heavy atom. The molecular weight excluding hydrogens is 462 g/mol. The number of benzene rings is 2. The number of ether oxygens (including phenoxy) is 1. The predicted molar refractivity (Wildman–Crippen MR) is 136 cm³/mol. The molecular formula is C26H29N5O3S. The Labute approximate surface area is 209 Å². The molecule has 1 aliphatic heterocycles. The molecule has 1 aliphatic rings. The molecule has 0 radical (unpaired) electrons. The van der Waals surface area contributed by atoms with E-state index in [9.17, 15) is 9.59 Å². The summed E-state index contributed by atoms with van der Waals surface area (Å²) in [6.45, 7) is 4.21. The number of amides is 2. The van der Waals surface area contributed by atoms with Gasteiger partial charge in [-0.3, -0.25) is 9.59 Å². The number of nitrogens with one attached hydrogen (secondary N) is 1. The lowest BCUT2D eigenvalue weighted by Gasteiger charge is -2.22. The average Bonchev–Trinajstić information content (AvgIpc) is 3.50. The number of hydrogen-bond donors (Lipinski definition) is 1. The first kappa shape index (κ1) is 24.5. The number of hydrazone groups is 1. The van der Waals surface area contributed by atoms with Crippen LogP contribution in [0.2, 0.25) is 0 Å². The van der Waals surface area contributed by atoms with Gasteiger partial charge in [0, 0.05) is 25.7 Å². The van der Waals surface area contributed by atoms with Crippen molar-refractivity contribution in [2.75, 3.05) is 12.4 Å². The first-order chi connectivity index (χ1) is 16.9. The summed E-state index contributed by atoms with van der Waals surface area (Å²) in [5, 5.41) is 18.4. The number of aromatic nitrogens is 2. The van der Waals surface area contributed by atoms with Gasteiger partial charge in [0.05, 0.1) is 18.9 Å². The molecule has 2 amide bonds. The first-order valence-electron chi connectivity index (χ1n) is 11.6. The SMILES string of the molecule is COc1ccc([C@H]2CC(c3ccccc3)=NN2C(=O)CCC(=O)Nc2nnc(CC(C)C)s2)cc1. The van der Waals surface area contributed by atoms with Crippen LogP contribution in [0, 0.1) is 5.92 Å². The summed E-state index contributed by atoms with van der Waals surface area (Å²) in [7, 11) is 1.62. The van der Waals surface area contributed by atoms with Gasteiger partial charge < -0.3 is 10.1 Å². The smallest absolute Gasteiger partial charge is 0.243 e. The number of carbonyl (C=O) groups is 2. The molecule has 0 unspecified atom stereocenters.